The molecule has 78 valence electrons. The van der Waals surface area contributed by atoms with E-state index in [-0.39, 0.29) is 0 Å². The molecule has 3 heteroatoms. The van der Waals surface area contributed by atoms with Gasteiger partial charge < -0.3 is 5.32 Å². The number of rotatable bonds is 6. The van der Waals surface area contributed by atoms with Crippen LogP contribution in [0, 0.1) is 6.92 Å². The van der Waals surface area contributed by atoms with Crippen LogP contribution in [0.25, 0.3) is 0 Å². The predicted molar refractivity (Wildman–Crippen MR) is 62.8 cm³/mol. The first-order valence-corrected chi connectivity index (χ1v) is 5.89. The average molecular weight is 210 g/mol. The second-order valence-electron chi connectivity index (χ2n) is 3.34. The minimum absolute atomic E-state index is 0.485. The molecule has 1 rings (SSSR count). The largest absolute Gasteiger partial charge is 0.314 e. The lowest BCUT2D eigenvalue weighted by molar-refractivity contribution is 0.525. The molecule has 0 saturated carbocycles. The second kappa shape index (κ2) is 5.94. The monoisotopic (exact) mass is 210 g/mol. The topological polar surface area (TPSA) is 24.9 Å². The van der Waals surface area contributed by atoms with Crippen molar-refractivity contribution in [1.29, 1.82) is 0 Å². The molecular weight excluding hydrogens is 192 g/mol. The molecule has 0 amide bonds. The van der Waals surface area contributed by atoms with Crippen LogP contribution in [-0.4, -0.2) is 17.6 Å². The van der Waals surface area contributed by atoms with E-state index in [0.717, 1.165) is 24.4 Å². The van der Waals surface area contributed by atoms with E-state index in [4.69, 9.17) is 0 Å². The van der Waals surface area contributed by atoms with Gasteiger partial charge in [-0.05, 0) is 19.9 Å². The molecule has 0 saturated heterocycles. The molecule has 0 aliphatic carbocycles. The van der Waals surface area contributed by atoms with Crippen molar-refractivity contribution in [2.24, 2.45) is 0 Å². The maximum absolute atomic E-state index is 4.46. The number of hydrogen-bond acceptors (Lipinski definition) is 3. The Labute approximate surface area is 90.1 Å². The molecule has 0 bridgehead atoms. The summed E-state index contributed by atoms with van der Waals surface area (Å²) in [5.74, 6) is 0. The molecule has 1 aromatic heterocycles. The fourth-order valence-corrected chi connectivity index (χ4v) is 2.11. The summed E-state index contributed by atoms with van der Waals surface area (Å²) in [6, 6.07) is 0.485. The van der Waals surface area contributed by atoms with Gasteiger partial charge in [0.15, 0.2) is 0 Å². The van der Waals surface area contributed by atoms with Gasteiger partial charge in [-0.2, -0.15) is 0 Å². The third-order valence-electron chi connectivity index (χ3n) is 2.07. The van der Waals surface area contributed by atoms with Crippen molar-refractivity contribution in [2.75, 3.05) is 6.54 Å². The third kappa shape index (κ3) is 3.60. The highest BCUT2D eigenvalue weighted by Gasteiger charge is 2.08. The molecule has 0 fully saturated rings. The molecule has 0 aliphatic rings. The third-order valence-corrected chi connectivity index (χ3v) is 2.89. The van der Waals surface area contributed by atoms with Gasteiger partial charge in [-0.25, -0.2) is 4.98 Å². The summed E-state index contributed by atoms with van der Waals surface area (Å²) in [5.41, 5.74) is 1.19. The van der Waals surface area contributed by atoms with E-state index >= 15 is 0 Å². The lowest BCUT2D eigenvalue weighted by Gasteiger charge is -2.14. The Morgan fingerprint density at radius 1 is 1.71 bits per heavy atom. The van der Waals surface area contributed by atoms with Gasteiger partial charge in [-0.3, -0.25) is 0 Å². The highest BCUT2D eigenvalue weighted by molar-refractivity contribution is 7.09. The maximum atomic E-state index is 4.46. The van der Waals surface area contributed by atoms with Crippen molar-refractivity contribution >= 4 is 11.3 Å². The van der Waals surface area contributed by atoms with E-state index < -0.39 is 0 Å². The Bertz CT molecular complexity index is 281. The van der Waals surface area contributed by atoms with Gasteiger partial charge in [-0.1, -0.05) is 13.0 Å². The predicted octanol–water partition coefficient (Wildman–Crippen LogP) is 2.55. The number of thiazole rings is 1. The summed E-state index contributed by atoms with van der Waals surface area (Å²) in [6.45, 7) is 8.95. The van der Waals surface area contributed by atoms with Crippen molar-refractivity contribution in [2.45, 2.75) is 32.7 Å². The molecule has 0 radical (unpaired) electrons. The fraction of sp³-hybridized carbons (Fsp3) is 0.545. The maximum Gasteiger partial charge on any atom is 0.0897 e. The van der Waals surface area contributed by atoms with Crippen molar-refractivity contribution < 1.29 is 0 Å². The minimum atomic E-state index is 0.485. The Balaban J connectivity index is 2.49. The zero-order chi connectivity index (χ0) is 10.4. The number of hydrogen-bond donors (Lipinski definition) is 1. The zero-order valence-electron chi connectivity index (χ0n) is 8.92. The van der Waals surface area contributed by atoms with E-state index in [9.17, 15) is 0 Å². The second-order valence-corrected chi connectivity index (χ2v) is 4.40. The number of aromatic nitrogens is 1. The molecule has 14 heavy (non-hydrogen) atoms. The van der Waals surface area contributed by atoms with Crippen molar-refractivity contribution in [3.05, 3.63) is 28.7 Å². The fourth-order valence-electron chi connectivity index (χ4n) is 1.48. The highest BCUT2D eigenvalue weighted by atomic mass is 32.1. The molecule has 1 unspecified atom stereocenters. The summed E-state index contributed by atoms with van der Waals surface area (Å²) in [5, 5.41) is 6.72. The first-order valence-electron chi connectivity index (χ1n) is 5.01. The van der Waals surface area contributed by atoms with Crippen molar-refractivity contribution in [3.8, 4) is 0 Å². The molecular formula is C11H18N2S. The molecule has 1 heterocycles. The Morgan fingerprint density at radius 3 is 3.00 bits per heavy atom. The summed E-state index contributed by atoms with van der Waals surface area (Å²) in [4.78, 5) is 4.46. The van der Waals surface area contributed by atoms with Crippen LogP contribution < -0.4 is 5.32 Å². The van der Waals surface area contributed by atoms with Gasteiger partial charge in [-0.15, -0.1) is 17.9 Å². The van der Waals surface area contributed by atoms with Crippen LogP contribution in [0.2, 0.25) is 0 Å². The van der Waals surface area contributed by atoms with E-state index in [1.54, 1.807) is 11.3 Å². The molecule has 1 atom stereocenters. The van der Waals surface area contributed by atoms with E-state index in [1.807, 2.05) is 13.0 Å². The quantitative estimate of drug-likeness (QED) is 0.730. The highest BCUT2D eigenvalue weighted by Crippen LogP contribution is 2.11. The van der Waals surface area contributed by atoms with Crippen LogP contribution in [0.4, 0.5) is 0 Å². The first kappa shape index (κ1) is 11.4. The van der Waals surface area contributed by atoms with Gasteiger partial charge in [0.1, 0.15) is 0 Å². The average Bonchev–Trinajstić information content (AvgIpc) is 2.52. The molecule has 0 aromatic carbocycles. The van der Waals surface area contributed by atoms with Crippen LogP contribution in [-0.2, 0) is 6.42 Å². The molecule has 0 spiro atoms. The van der Waals surface area contributed by atoms with Crippen LogP contribution in [0.15, 0.2) is 18.0 Å². The van der Waals surface area contributed by atoms with Crippen LogP contribution in [0.1, 0.15) is 24.0 Å². The summed E-state index contributed by atoms with van der Waals surface area (Å²) < 4.78 is 0. The van der Waals surface area contributed by atoms with E-state index in [0.29, 0.717) is 6.04 Å². The standard InChI is InChI=1S/C11H18N2S/c1-4-6-10(12-5-2)7-11-8-14-9(3)13-11/h4,8,10,12H,1,5-7H2,2-3H3. The van der Waals surface area contributed by atoms with E-state index in [1.165, 1.54) is 5.69 Å². The number of nitrogens with one attached hydrogen (secondary N) is 1. The summed E-state index contributed by atoms with van der Waals surface area (Å²) >= 11 is 1.72. The SMILES string of the molecule is C=CCC(Cc1csc(C)n1)NCC. The van der Waals surface area contributed by atoms with Gasteiger partial charge in [0, 0.05) is 17.8 Å². The van der Waals surface area contributed by atoms with Crippen LogP contribution in [0.5, 0.6) is 0 Å². The van der Waals surface area contributed by atoms with Gasteiger partial charge in [0.2, 0.25) is 0 Å². The lowest BCUT2D eigenvalue weighted by atomic mass is 10.1. The van der Waals surface area contributed by atoms with Gasteiger partial charge in [0.05, 0.1) is 10.7 Å². The summed E-state index contributed by atoms with van der Waals surface area (Å²) in [6.07, 6.45) is 3.97. The first-order chi connectivity index (χ1) is 6.76. The Kier molecular flexibility index (Phi) is 4.84. The minimum Gasteiger partial charge on any atom is -0.314 e. The number of nitrogens with zero attached hydrogens (tertiary/aromatic N) is 1. The van der Waals surface area contributed by atoms with Gasteiger partial charge in [0.25, 0.3) is 0 Å². The normalized spacial score (nSPS) is 12.7. The summed E-state index contributed by atoms with van der Waals surface area (Å²) in [7, 11) is 0. The van der Waals surface area contributed by atoms with Crippen molar-refractivity contribution in [1.82, 2.24) is 10.3 Å². The molecule has 1 aromatic rings. The molecule has 2 nitrogen and oxygen atoms in total. The number of likely N-dealkylation sites (N-methyl/N-ethyl adjacent to an activating group) is 1. The van der Waals surface area contributed by atoms with E-state index in [2.05, 4.69) is 29.2 Å². The smallest absolute Gasteiger partial charge is 0.0897 e. The van der Waals surface area contributed by atoms with Crippen LogP contribution in [0.3, 0.4) is 0 Å². The van der Waals surface area contributed by atoms with Crippen molar-refractivity contribution in [3.63, 3.8) is 0 Å². The number of aryl methyl sites for hydroxylation is 1. The Hall–Kier alpha value is -0.670. The zero-order valence-corrected chi connectivity index (χ0v) is 9.73. The van der Waals surface area contributed by atoms with Gasteiger partial charge >= 0.3 is 0 Å². The Morgan fingerprint density at radius 2 is 2.50 bits per heavy atom. The lowest BCUT2D eigenvalue weighted by Crippen LogP contribution is -2.30. The molecule has 0 aliphatic heterocycles. The molecule has 1 N–H and O–H groups in total. The van der Waals surface area contributed by atoms with Crippen LogP contribution >= 0.6 is 11.3 Å².